The first-order chi connectivity index (χ1) is 10.6. The molecule has 1 N–H and O–H groups in total. The predicted molar refractivity (Wildman–Crippen MR) is 85.3 cm³/mol. The molecular weight excluding hydrogens is 303 g/mol. The number of carbonyl (C=O) groups is 1. The van der Waals surface area contributed by atoms with E-state index in [0.717, 1.165) is 16.9 Å². The van der Waals surface area contributed by atoms with Crippen molar-refractivity contribution in [3.05, 3.63) is 64.2 Å². The molecular formula is C17H14ClFN2O. The van der Waals surface area contributed by atoms with Crippen molar-refractivity contribution in [2.75, 3.05) is 5.32 Å². The lowest BCUT2D eigenvalue weighted by Gasteiger charge is -2.03. The molecule has 1 aliphatic rings. The molecule has 0 radical (unpaired) electrons. The zero-order chi connectivity index (χ0) is 15.7. The fraction of sp³-hybridized carbons (Fsp3) is 0.176. The van der Waals surface area contributed by atoms with Gasteiger partial charge < -0.3 is 5.32 Å². The molecule has 3 nitrogen and oxygen atoms in total. The summed E-state index contributed by atoms with van der Waals surface area (Å²) in [5.41, 5.74) is 3.55. The van der Waals surface area contributed by atoms with E-state index in [-0.39, 0.29) is 10.9 Å². The number of pyridine rings is 1. The second kappa shape index (κ2) is 5.89. The van der Waals surface area contributed by atoms with Crippen LogP contribution in [-0.2, 0) is 11.2 Å². The lowest BCUT2D eigenvalue weighted by atomic mass is 10.0. The SMILES string of the molecule is Cc1cc2c(cn1)/C(=C\CCc1cccc(Cl)c1F)C(=O)N2. The van der Waals surface area contributed by atoms with Gasteiger partial charge in [-0.1, -0.05) is 29.8 Å². The summed E-state index contributed by atoms with van der Waals surface area (Å²) in [5.74, 6) is -0.537. The molecule has 0 aliphatic carbocycles. The quantitative estimate of drug-likeness (QED) is 0.864. The summed E-state index contributed by atoms with van der Waals surface area (Å²) in [4.78, 5) is 16.2. The fourth-order valence-corrected chi connectivity index (χ4v) is 2.70. The van der Waals surface area contributed by atoms with Crippen LogP contribution in [0.3, 0.4) is 0 Å². The van der Waals surface area contributed by atoms with Gasteiger partial charge in [0, 0.05) is 23.0 Å². The van der Waals surface area contributed by atoms with E-state index in [1.54, 1.807) is 18.3 Å². The molecule has 1 aliphatic heterocycles. The summed E-state index contributed by atoms with van der Waals surface area (Å²) in [6, 6.07) is 6.78. The number of hydrogen-bond donors (Lipinski definition) is 1. The van der Waals surface area contributed by atoms with Crippen molar-refractivity contribution in [3.8, 4) is 0 Å². The molecule has 1 aromatic carbocycles. The topological polar surface area (TPSA) is 42.0 Å². The van der Waals surface area contributed by atoms with Crippen molar-refractivity contribution >= 4 is 28.8 Å². The molecule has 2 aromatic rings. The summed E-state index contributed by atoms with van der Waals surface area (Å²) < 4.78 is 13.8. The van der Waals surface area contributed by atoms with Gasteiger partial charge in [-0.05, 0) is 37.5 Å². The number of carbonyl (C=O) groups excluding carboxylic acids is 1. The van der Waals surface area contributed by atoms with Crippen LogP contribution in [0.4, 0.5) is 10.1 Å². The molecule has 1 amide bonds. The summed E-state index contributed by atoms with van der Waals surface area (Å²) in [5, 5.41) is 2.93. The Kier molecular flexibility index (Phi) is 3.94. The summed E-state index contributed by atoms with van der Waals surface area (Å²) in [6.45, 7) is 1.87. The van der Waals surface area contributed by atoms with Gasteiger partial charge in [0.15, 0.2) is 0 Å². The normalized spacial score (nSPS) is 15.0. The number of amides is 1. The number of hydrogen-bond acceptors (Lipinski definition) is 2. The average molecular weight is 317 g/mol. The van der Waals surface area contributed by atoms with Crippen molar-refractivity contribution < 1.29 is 9.18 Å². The number of rotatable bonds is 3. The number of nitrogens with zero attached hydrogens (tertiary/aromatic N) is 1. The highest BCUT2D eigenvalue weighted by atomic mass is 35.5. The van der Waals surface area contributed by atoms with E-state index in [0.29, 0.717) is 24.0 Å². The molecule has 5 heteroatoms. The molecule has 0 unspecified atom stereocenters. The van der Waals surface area contributed by atoms with Crippen molar-refractivity contribution in [2.45, 2.75) is 19.8 Å². The first-order valence-corrected chi connectivity index (χ1v) is 7.35. The lowest BCUT2D eigenvalue weighted by Crippen LogP contribution is -2.03. The standard InChI is InChI=1S/C17H14ClFN2O/c1-10-8-15-13(9-20-10)12(17(22)21-15)6-2-4-11-5-3-7-14(18)16(11)19/h3,5-9H,2,4H2,1H3,(H,21,22)/b12-6+. The van der Waals surface area contributed by atoms with Crippen LogP contribution in [0.25, 0.3) is 5.57 Å². The maximum absolute atomic E-state index is 13.8. The number of aromatic nitrogens is 1. The molecule has 112 valence electrons. The molecule has 0 bridgehead atoms. The zero-order valence-corrected chi connectivity index (χ0v) is 12.7. The van der Waals surface area contributed by atoms with Crippen LogP contribution in [-0.4, -0.2) is 10.9 Å². The molecule has 1 aromatic heterocycles. The fourth-order valence-electron chi connectivity index (χ4n) is 2.51. The van der Waals surface area contributed by atoms with Gasteiger partial charge in [-0.25, -0.2) is 4.39 Å². The Morgan fingerprint density at radius 3 is 3.05 bits per heavy atom. The summed E-state index contributed by atoms with van der Waals surface area (Å²) >= 11 is 5.76. The summed E-state index contributed by atoms with van der Waals surface area (Å²) in [6.07, 6.45) is 4.54. The van der Waals surface area contributed by atoms with Gasteiger partial charge in [-0.2, -0.15) is 0 Å². The predicted octanol–water partition coefficient (Wildman–Crippen LogP) is 4.15. The Balaban J connectivity index is 1.79. The van der Waals surface area contributed by atoms with Gasteiger partial charge in [-0.15, -0.1) is 0 Å². The highest BCUT2D eigenvalue weighted by Crippen LogP contribution is 2.31. The van der Waals surface area contributed by atoms with E-state index in [1.807, 2.05) is 19.1 Å². The molecule has 0 atom stereocenters. The molecule has 22 heavy (non-hydrogen) atoms. The van der Waals surface area contributed by atoms with Crippen LogP contribution in [0.1, 0.15) is 23.2 Å². The van der Waals surface area contributed by atoms with E-state index in [9.17, 15) is 9.18 Å². The first kappa shape index (κ1) is 14.7. The smallest absolute Gasteiger partial charge is 0.256 e. The highest BCUT2D eigenvalue weighted by Gasteiger charge is 2.24. The highest BCUT2D eigenvalue weighted by molar-refractivity contribution is 6.31. The Hall–Kier alpha value is -2.20. The Labute approximate surface area is 132 Å². The molecule has 2 heterocycles. The van der Waals surface area contributed by atoms with Crippen molar-refractivity contribution in [3.63, 3.8) is 0 Å². The number of nitrogens with one attached hydrogen (secondary N) is 1. The second-order valence-electron chi connectivity index (χ2n) is 5.19. The maximum atomic E-state index is 13.8. The first-order valence-electron chi connectivity index (χ1n) is 6.97. The molecule has 0 saturated carbocycles. The van der Waals surface area contributed by atoms with Crippen LogP contribution in [0.15, 0.2) is 36.5 Å². The van der Waals surface area contributed by atoms with E-state index in [2.05, 4.69) is 10.3 Å². The van der Waals surface area contributed by atoms with Gasteiger partial charge in [0.2, 0.25) is 0 Å². The van der Waals surface area contributed by atoms with Gasteiger partial charge in [0.25, 0.3) is 5.91 Å². The van der Waals surface area contributed by atoms with Crippen LogP contribution in [0.5, 0.6) is 0 Å². The number of allylic oxidation sites excluding steroid dienone is 1. The Morgan fingerprint density at radius 2 is 2.23 bits per heavy atom. The molecule has 0 spiro atoms. The van der Waals surface area contributed by atoms with Gasteiger partial charge >= 0.3 is 0 Å². The largest absolute Gasteiger partial charge is 0.321 e. The lowest BCUT2D eigenvalue weighted by molar-refractivity contribution is -0.110. The zero-order valence-electron chi connectivity index (χ0n) is 12.0. The number of anilines is 1. The van der Waals surface area contributed by atoms with Crippen LogP contribution < -0.4 is 5.32 Å². The van der Waals surface area contributed by atoms with Gasteiger partial charge in [0.1, 0.15) is 5.82 Å². The van der Waals surface area contributed by atoms with E-state index >= 15 is 0 Å². The van der Waals surface area contributed by atoms with E-state index in [1.165, 1.54) is 6.07 Å². The second-order valence-corrected chi connectivity index (χ2v) is 5.60. The van der Waals surface area contributed by atoms with Crippen LogP contribution in [0, 0.1) is 12.7 Å². The minimum Gasteiger partial charge on any atom is -0.321 e. The molecule has 0 saturated heterocycles. The summed E-state index contributed by atoms with van der Waals surface area (Å²) in [7, 11) is 0. The third-order valence-corrected chi connectivity index (χ3v) is 3.91. The van der Waals surface area contributed by atoms with E-state index in [4.69, 9.17) is 11.6 Å². The Morgan fingerprint density at radius 1 is 1.41 bits per heavy atom. The molecule has 0 fully saturated rings. The van der Waals surface area contributed by atoms with Gasteiger partial charge in [0.05, 0.1) is 10.7 Å². The number of aryl methyl sites for hydroxylation is 2. The Bertz CT molecular complexity index is 786. The molecule has 3 rings (SSSR count). The van der Waals surface area contributed by atoms with Crippen LogP contribution in [0.2, 0.25) is 5.02 Å². The number of fused-ring (bicyclic) bond motifs is 1. The van der Waals surface area contributed by atoms with Gasteiger partial charge in [-0.3, -0.25) is 9.78 Å². The van der Waals surface area contributed by atoms with E-state index < -0.39 is 5.82 Å². The number of benzene rings is 1. The van der Waals surface area contributed by atoms with Crippen molar-refractivity contribution in [1.29, 1.82) is 0 Å². The minimum absolute atomic E-state index is 0.119. The minimum atomic E-state index is -0.392. The maximum Gasteiger partial charge on any atom is 0.256 e. The third-order valence-electron chi connectivity index (χ3n) is 3.62. The monoisotopic (exact) mass is 316 g/mol. The van der Waals surface area contributed by atoms with Crippen molar-refractivity contribution in [1.82, 2.24) is 4.98 Å². The van der Waals surface area contributed by atoms with Crippen molar-refractivity contribution in [2.24, 2.45) is 0 Å². The third kappa shape index (κ3) is 2.74. The average Bonchev–Trinajstić information content (AvgIpc) is 2.78. The number of halogens is 2. The van der Waals surface area contributed by atoms with Crippen LogP contribution >= 0.6 is 11.6 Å².